The van der Waals surface area contributed by atoms with Crippen LogP contribution in [-0.2, 0) is 6.61 Å². The van der Waals surface area contributed by atoms with Gasteiger partial charge in [-0.3, -0.25) is 9.89 Å². The fraction of sp³-hybridized carbons (Fsp3) is 0.115. The van der Waals surface area contributed by atoms with E-state index < -0.39 is 5.91 Å². The van der Waals surface area contributed by atoms with Crippen molar-refractivity contribution in [3.05, 3.63) is 95.7 Å². The lowest BCUT2D eigenvalue weighted by atomic mass is 10.1. The molecule has 1 aromatic heterocycles. The second-order valence-electron chi connectivity index (χ2n) is 7.30. The molecule has 3 N–H and O–H groups in total. The third kappa shape index (κ3) is 5.60. The summed E-state index contributed by atoms with van der Waals surface area (Å²) in [4.78, 5) is 12.5. The van der Waals surface area contributed by atoms with Crippen LogP contribution in [0.25, 0.3) is 11.3 Å². The highest BCUT2D eigenvalue weighted by molar-refractivity contribution is 5.94. The number of carbonyl (C=O) groups excluding carboxylic acids is 1. The van der Waals surface area contributed by atoms with Gasteiger partial charge < -0.3 is 14.6 Å². The smallest absolute Gasteiger partial charge is 0.289 e. The lowest BCUT2D eigenvalue weighted by molar-refractivity contribution is 0.0950. The minimum atomic E-state index is -0.466. The van der Waals surface area contributed by atoms with E-state index in [1.54, 1.807) is 24.3 Å². The van der Waals surface area contributed by atoms with Gasteiger partial charge in [-0.2, -0.15) is 10.2 Å². The Balaban J connectivity index is 1.39. The second-order valence-corrected chi connectivity index (χ2v) is 7.30. The van der Waals surface area contributed by atoms with Gasteiger partial charge in [0.25, 0.3) is 5.91 Å². The van der Waals surface area contributed by atoms with Gasteiger partial charge in [0, 0.05) is 11.1 Å². The van der Waals surface area contributed by atoms with Gasteiger partial charge in [-0.1, -0.05) is 48.5 Å². The number of carbonyl (C=O) groups is 1. The molecule has 0 saturated heterocycles. The Morgan fingerprint density at radius 2 is 1.88 bits per heavy atom. The number of hydrogen-bond donors (Lipinski definition) is 3. The summed E-state index contributed by atoms with van der Waals surface area (Å²) in [6, 6.07) is 24.1. The first-order valence-electron chi connectivity index (χ1n) is 10.7. The molecule has 1 heterocycles. The molecule has 8 heteroatoms. The zero-order chi connectivity index (χ0) is 23.8. The lowest BCUT2D eigenvalue weighted by Gasteiger charge is -2.07. The summed E-state index contributed by atoms with van der Waals surface area (Å²) < 4.78 is 11.2. The van der Waals surface area contributed by atoms with E-state index in [2.05, 4.69) is 20.7 Å². The molecular formula is C26H24N4O4. The highest BCUT2D eigenvalue weighted by Gasteiger charge is 2.12. The van der Waals surface area contributed by atoms with Gasteiger partial charge in [0.1, 0.15) is 18.1 Å². The van der Waals surface area contributed by atoms with Crippen molar-refractivity contribution in [2.75, 3.05) is 6.61 Å². The summed E-state index contributed by atoms with van der Waals surface area (Å²) in [5, 5.41) is 21.1. The maximum absolute atomic E-state index is 12.5. The minimum absolute atomic E-state index is 0.0412. The van der Waals surface area contributed by atoms with Crippen LogP contribution in [0.15, 0.2) is 84.0 Å². The quantitative estimate of drug-likeness (QED) is 0.253. The fourth-order valence-corrected chi connectivity index (χ4v) is 3.21. The Morgan fingerprint density at radius 1 is 1.06 bits per heavy atom. The van der Waals surface area contributed by atoms with Crippen molar-refractivity contribution < 1.29 is 19.4 Å². The van der Waals surface area contributed by atoms with Gasteiger partial charge in [0.05, 0.1) is 18.5 Å². The van der Waals surface area contributed by atoms with E-state index in [4.69, 9.17) is 9.47 Å². The van der Waals surface area contributed by atoms with Crippen LogP contribution >= 0.6 is 0 Å². The van der Waals surface area contributed by atoms with E-state index in [0.29, 0.717) is 36.0 Å². The third-order valence-corrected chi connectivity index (χ3v) is 4.90. The van der Waals surface area contributed by atoms with Crippen LogP contribution < -0.4 is 14.9 Å². The number of amides is 1. The molecule has 34 heavy (non-hydrogen) atoms. The molecule has 1 amide bonds. The van der Waals surface area contributed by atoms with Crippen LogP contribution in [0.5, 0.6) is 17.2 Å². The predicted octanol–water partition coefficient (Wildman–Crippen LogP) is 4.52. The van der Waals surface area contributed by atoms with Gasteiger partial charge in [0.2, 0.25) is 0 Å². The van der Waals surface area contributed by atoms with Gasteiger partial charge in [-0.25, -0.2) is 5.43 Å². The number of nitrogens with zero attached hydrogens (tertiary/aromatic N) is 2. The molecule has 3 aromatic carbocycles. The molecule has 0 aliphatic rings. The summed E-state index contributed by atoms with van der Waals surface area (Å²) in [5.74, 6) is 0.549. The van der Waals surface area contributed by atoms with Crippen molar-refractivity contribution >= 4 is 12.1 Å². The largest absolute Gasteiger partial charge is 0.504 e. The number of ether oxygens (including phenoxy) is 2. The summed E-state index contributed by atoms with van der Waals surface area (Å²) in [6.45, 7) is 2.71. The fourth-order valence-electron chi connectivity index (χ4n) is 3.21. The van der Waals surface area contributed by atoms with Crippen molar-refractivity contribution in [1.82, 2.24) is 15.6 Å². The Labute approximate surface area is 196 Å². The van der Waals surface area contributed by atoms with E-state index in [1.165, 1.54) is 6.21 Å². The molecule has 0 unspecified atom stereocenters. The molecule has 172 valence electrons. The maximum atomic E-state index is 12.5. The van der Waals surface area contributed by atoms with Crippen LogP contribution in [0.3, 0.4) is 0 Å². The number of phenolic OH excluding ortho intramolecular Hbond substituents is 1. The molecule has 0 fully saturated rings. The highest BCUT2D eigenvalue weighted by Crippen LogP contribution is 2.28. The number of nitrogens with one attached hydrogen (secondary N) is 2. The number of hydrazone groups is 1. The zero-order valence-electron chi connectivity index (χ0n) is 18.6. The number of para-hydroxylation sites is 1. The average Bonchev–Trinajstić information content (AvgIpc) is 3.37. The molecule has 0 saturated carbocycles. The zero-order valence-corrected chi connectivity index (χ0v) is 18.6. The average molecular weight is 457 g/mol. The van der Waals surface area contributed by atoms with E-state index in [-0.39, 0.29) is 11.4 Å². The van der Waals surface area contributed by atoms with Gasteiger partial charge in [-0.05, 0) is 42.8 Å². The monoisotopic (exact) mass is 456 g/mol. The van der Waals surface area contributed by atoms with Gasteiger partial charge in [0.15, 0.2) is 11.5 Å². The molecule has 4 rings (SSSR count). The number of rotatable bonds is 9. The second kappa shape index (κ2) is 10.8. The van der Waals surface area contributed by atoms with Crippen LogP contribution in [-0.4, -0.2) is 34.0 Å². The third-order valence-electron chi connectivity index (χ3n) is 4.90. The van der Waals surface area contributed by atoms with Gasteiger partial charge >= 0.3 is 0 Å². The molecule has 8 nitrogen and oxygen atoms in total. The summed E-state index contributed by atoms with van der Waals surface area (Å²) in [6.07, 6.45) is 1.35. The Kier molecular flexibility index (Phi) is 7.19. The van der Waals surface area contributed by atoms with Crippen LogP contribution in [0.2, 0.25) is 0 Å². The summed E-state index contributed by atoms with van der Waals surface area (Å²) >= 11 is 0. The van der Waals surface area contributed by atoms with Crippen molar-refractivity contribution in [3.63, 3.8) is 0 Å². The molecule has 4 aromatic rings. The number of phenols is 1. The van der Waals surface area contributed by atoms with E-state index in [0.717, 1.165) is 11.1 Å². The highest BCUT2D eigenvalue weighted by atomic mass is 16.5. The summed E-state index contributed by atoms with van der Waals surface area (Å²) in [7, 11) is 0. The Hall–Kier alpha value is -4.59. The standard InChI is InChI=1S/C26H24N4O4/c1-2-33-24-13-7-11-20(25(24)31)16-27-30-26(32)23-15-22(28-29-23)19-10-6-12-21(14-19)34-17-18-8-4-3-5-9-18/h3-16,31H,2,17H2,1H3,(H,28,29)(H,30,32). The summed E-state index contributed by atoms with van der Waals surface area (Å²) in [5.41, 5.74) is 5.57. The molecular weight excluding hydrogens is 432 g/mol. The number of hydrogen-bond acceptors (Lipinski definition) is 6. The molecule has 0 atom stereocenters. The van der Waals surface area contributed by atoms with Crippen molar-refractivity contribution in [3.8, 4) is 28.5 Å². The normalized spacial score (nSPS) is 10.9. The first kappa shape index (κ1) is 22.6. The number of aromatic amines is 1. The number of aromatic nitrogens is 2. The van der Waals surface area contributed by atoms with Crippen LogP contribution in [0.4, 0.5) is 0 Å². The molecule has 0 spiro atoms. The Morgan fingerprint density at radius 3 is 2.71 bits per heavy atom. The maximum Gasteiger partial charge on any atom is 0.289 e. The first-order valence-corrected chi connectivity index (χ1v) is 10.7. The predicted molar refractivity (Wildman–Crippen MR) is 129 cm³/mol. The molecule has 0 radical (unpaired) electrons. The lowest BCUT2D eigenvalue weighted by Crippen LogP contribution is -2.18. The van der Waals surface area contributed by atoms with Crippen LogP contribution in [0.1, 0.15) is 28.5 Å². The van der Waals surface area contributed by atoms with Crippen molar-refractivity contribution in [2.45, 2.75) is 13.5 Å². The van der Waals surface area contributed by atoms with Gasteiger partial charge in [-0.15, -0.1) is 0 Å². The molecule has 0 aliphatic carbocycles. The number of aromatic hydroxyl groups is 1. The van der Waals surface area contributed by atoms with E-state index in [9.17, 15) is 9.90 Å². The minimum Gasteiger partial charge on any atom is -0.504 e. The Bertz CT molecular complexity index is 1280. The first-order chi connectivity index (χ1) is 16.6. The van der Waals surface area contributed by atoms with Crippen LogP contribution in [0, 0.1) is 0 Å². The topological polar surface area (TPSA) is 109 Å². The SMILES string of the molecule is CCOc1cccc(C=NNC(=O)c2cc(-c3cccc(OCc4ccccc4)c3)n[nH]2)c1O. The number of H-pyrrole nitrogens is 1. The number of benzene rings is 3. The van der Waals surface area contributed by atoms with E-state index in [1.807, 2.05) is 61.5 Å². The molecule has 0 aliphatic heterocycles. The van der Waals surface area contributed by atoms with Crippen molar-refractivity contribution in [1.29, 1.82) is 0 Å². The molecule has 0 bridgehead atoms. The van der Waals surface area contributed by atoms with E-state index >= 15 is 0 Å². The van der Waals surface area contributed by atoms with Crippen molar-refractivity contribution in [2.24, 2.45) is 5.10 Å².